The van der Waals surface area contributed by atoms with Gasteiger partial charge < -0.3 is 15.0 Å². The van der Waals surface area contributed by atoms with Crippen LogP contribution in [0.15, 0.2) is 34.6 Å². The molecular weight excluding hydrogens is 471 g/mol. The summed E-state index contributed by atoms with van der Waals surface area (Å²) in [6, 6.07) is 8.23. The van der Waals surface area contributed by atoms with E-state index in [0.717, 1.165) is 35.5 Å². The van der Waals surface area contributed by atoms with Crippen molar-refractivity contribution in [2.45, 2.75) is 39.7 Å². The topological polar surface area (TPSA) is 49.8 Å². The quantitative estimate of drug-likeness (QED) is 0.345. The molecule has 1 N–H and O–H groups in total. The van der Waals surface area contributed by atoms with Gasteiger partial charge in [-0.05, 0) is 31.5 Å². The number of ether oxygens (including phenoxy) is 1. The van der Waals surface area contributed by atoms with Crippen molar-refractivity contribution in [2.75, 3.05) is 27.2 Å². The molecule has 5 nitrogen and oxygen atoms in total. The van der Waals surface area contributed by atoms with Gasteiger partial charge in [-0.2, -0.15) is 0 Å². The Morgan fingerprint density at radius 3 is 2.48 bits per heavy atom. The first-order valence-corrected chi connectivity index (χ1v) is 9.78. The number of benzene rings is 1. The zero-order valence-electron chi connectivity index (χ0n) is 17.1. The van der Waals surface area contributed by atoms with Crippen molar-refractivity contribution in [1.82, 2.24) is 15.2 Å². The average Bonchev–Trinajstić information content (AvgIpc) is 3.03. The molecule has 27 heavy (non-hydrogen) atoms. The van der Waals surface area contributed by atoms with Crippen molar-refractivity contribution < 1.29 is 4.74 Å². The number of hydrogen-bond donors (Lipinski definition) is 1. The Morgan fingerprint density at radius 1 is 1.30 bits per heavy atom. The number of guanidine groups is 1. The van der Waals surface area contributed by atoms with Gasteiger partial charge in [0.15, 0.2) is 5.96 Å². The number of nitrogens with one attached hydrogen (secondary N) is 1. The van der Waals surface area contributed by atoms with Crippen LogP contribution in [0.4, 0.5) is 0 Å². The van der Waals surface area contributed by atoms with Gasteiger partial charge in [-0.15, -0.1) is 35.3 Å². The molecule has 0 aliphatic carbocycles. The molecule has 2 rings (SSSR count). The van der Waals surface area contributed by atoms with Crippen LogP contribution in [-0.2, 0) is 12.0 Å². The first kappa shape index (κ1) is 23.7. The lowest BCUT2D eigenvalue weighted by atomic mass is 9.85. The summed E-state index contributed by atoms with van der Waals surface area (Å²) in [5.74, 6) is 1.78. The van der Waals surface area contributed by atoms with Crippen LogP contribution in [0.3, 0.4) is 0 Å². The molecule has 1 aromatic heterocycles. The lowest BCUT2D eigenvalue weighted by molar-refractivity contribution is 0.414. The predicted molar refractivity (Wildman–Crippen MR) is 126 cm³/mol. The van der Waals surface area contributed by atoms with E-state index in [1.165, 1.54) is 5.56 Å². The molecule has 1 heterocycles. The largest absolute Gasteiger partial charge is 0.497 e. The number of aromatic nitrogens is 1. The summed E-state index contributed by atoms with van der Waals surface area (Å²) in [4.78, 5) is 11.6. The van der Waals surface area contributed by atoms with Gasteiger partial charge >= 0.3 is 0 Å². The average molecular weight is 502 g/mol. The maximum Gasteiger partial charge on any atom is 0.194 e. The molecule has 0 spiro atoms. The minimum atomic E-state index is -0.0645. The van der Waals surface area contributed by atoms with Crippen molar-refractivity contribution >= 4 is 41.3 Å². The molecular formula is C20H31IN4OS. The van der Waals surface area contributed by atoms with Crippen LogP contribution < -0.4 is 10.1 Å². The molecule has 0 aliphatic heterocycles. The van der Waals surface area contributed by atoms with Gasteiger partial charge in [-0.1, -0.05) is 26.0 Å². The zero-order valence-corrected chi connectivity index (χ0v) is 20.2. The number of nitrogens with zero attached hydrogens (tertiary/aromatic N) is 3. The minimum absolute atomic E-state index is 0. The summed E-state index contributed by atoms with van der Waals surface area (Å²) in [5.41, 5.74) is 2.26. The zero-order chi connectivity index (χ0) is 19.2. The van der Waals surface area contributed by atoms with Crippen molar-refractivity contribution in [2.24, 2.45) is 4.99 Å². The van der Waals surface area contributed by atoms with Crippen LogP contribution in [0, 0.1) is 6.92 Å². The molecule has 0 bridgehead atoms. The molecule has 0 unspecified atom stereocenters. The molecule has 0 atom stereocenters. The van der Waals surface area contributed by atoms with Gasteiger partial charge in [0.25, 0.3) is 0 Å². The first-order chi connectivity index (χ1) is 12.4. The highest BCUT2D eigenvalue weighted by atomic mass is 127. The van der Waals surface area contributed by atoms with E-state index >= 15 is 0 Å². The van der Waals surface area contributed by atoms with Crippen molar-refractivity contribution in [1.29, 1.82) is 0 Å². The standard InChI is InChI=1S/C20H30N4OS.HI/c1-7-21-19(24(5)12-17-13-26-15(2)23-17)22-14-20(3,4)16-8-10-18(25-6)11-9-16;/h8-11,13H,7,12,14H2,1-6H3,(H,21,22);1H. The SMILES string of the molecule is CCNC(=NCC(C)(C)c1ccc(OC)cc1)N(C)Cc1csc(C)n1.I. The number of rotatable bonds is 7. The summed E-state index contributed by atoms with van der Waals surface area (Å²) in [5, 5.41) is 6.58. The van der Waals surface area contributed by atoms with E-state index in [9.17, 15) is 0 Å². The van der Waals surface area contributed by atoms with E-state index in [1.807, 2.05) is 19.1 Å². The fraction of sp³-hybridized carbons (Fsp3) is 0.500. The predicted octanol–water partition coefficient (Wildman–Crippen LogP) is 4.45. The van der Waals surface area contributed by atoms with E-state index in [-0.39, 0.29) is 29.4 Å². The van der Waals surface area contributed by atoms with Crippen molar-refractivity contribution in [3.8, 4) is 5.75 Å². The Hall–Kier alpha value is -1.35. The Labute approximate surface area is 184 Å². The highest BCUT2D eigenvalue weighted by Crippen LogP contribution is 2.25. The summed E-state index contributed by atoms with van der Waals surface area (Å²) in [7, 11) is 3.74. The normalized spacial score (nSPS) is 11.7. The highest BCUT2D eigenvalue weighted by Gasteiger charge is 2.21. The van der Waals surface area contributed by atoms with Gasteiger partial charge in [-0.3, -0.25) is 4.99 Å². The van der Waals surface area contributed by atoms with Crippen LogP contribution in [0.5, 0.6) is 5.75 Å². The fourth-order valence-corrected chi connectivity index (χ4v) is 3.28. The second-order valence-electron chi connectivity index (χ2n) is 7.00. The van der Waals surface area contributed by atoms with Crippen LogP contribution in [0.25, 0.3) is 0 Å². The van der Waals surface area contributed by atoms with Crippen LogP contribution >= 0.6 is 35.3 Å². The molecule has 1 aromatic carbocycles. The highest BCUT2D eigenvalue weighted by molar-refractivity contribution is 14.0. The van der Waals surface area contributed by atoms with Crippen molar-refractivity contribution in [3.63, 3.8) is 0 Å². The van der Waals surface area contributed by atoms with Gasteiger partial charge in [0.05, 0.1) is 30.9 Å². The summed E-state index contributed by atoms with van der Waals surface area (Å²) in [6.45, 7) is 10.8. The Kier molecular flexibility index (Phi) is 9.52. The van der Waals surface area contributed by atoms with Crippen LogP contribution in [-0.4, -0.2) is 43.1 Å². The summed E-state index contributed by atoms with van der Waals surface area (Å²) < 4.78 is 5.25. The van der Waals surface area contributed by atoms with Gasteiger partial charge in [0.2, 0.25) is 0 Å². The first-order valence-electron chi connectivity index (χ1n) is 8.90. The summed E-state index contributed by atoms with van der Waals surface area (Å²) in [6.07, 6.45) is 0. The molecule has 0 saturated heterocycles. The van der Waals surface area contributed by atoms with E-state index in [4.69, 9.17) is 9.73 Å². The molecule has 0 radical (unpaired) electrons. The second-order valence-corrected chi connectivity index (χ2v) is 8.06. The molecule has 2 aromatic rings. The molecule has 150 valence electrons. The number of thiazole rings is 1. The number of aliphatic imine (C=N–C) groups is 1. The van der Waals surface area contributed by atoms with Crippen LogP contribution in [0.2, 0.25) is 0 Å². The smallest absolute Gasteiger partial charge is 0.194 e. The maximum atomic E-state index is 5.25. The van der Waals surface area contributed by atoms with Gasteiger partial charge in [0, 0.05) is 24.4 Å². The van der Waals surface area contributed by atoms with Crippen molar-refractivity contribution in [3.05, 3.63) is 45.9 Å². The molecule has 0 saturated carbocycles. The number of methoxy groups -OCH3 is 1. The minimum Gasteiger partial charge on any atom is -0.497 e. The Morgan fingerprint density at radius 2 is 1.96 bits per heavy atom. The Balaban J connectivity index is 0.00000364. The third-order valence-electron chi connectivity index (χ3n) is 4.26. The number of halogens is 1. The Bertz CT molecular complexity index is 728. The van der Waals surface area contributed by atoms with E-state index in [2.05, 4.69) is 60.5 Å². The monoisotopic (exact) mass is 502 g/mol. The number of hydrogen-bond acceptors (Lipinski definition) is 4. The van der Waals surface area contributed by atoms with Gasteiger partial charge in [0.1, 0.15) is 5.75 Å². The lowest BCUT2D eigenvalue weighted by Gasteiger charge is -2.26. The third kappa shape index (κ3) is 6.95. The molecule has 0 amide bonds. The molecule has 7 heteroatoms. The van der Waals surface area contributed by atoms with E-state index < -0.39 is 0 Å². The second kappa shape index (κ2) is 10.8. The van der Waals surface area contributed by atoms with Crippen LogP contribution in [0.1, 0.15) is 37.0 Å². The molecule has 0 aliphatic rings. The molecule has 0 fully saturated rings. The van der Waals surface area contributed by atoms with E-state index in [0.29, 0.717) is 6.54 Å². The summed E-state index contributed by atoms with van der Waals surface area (Å²) >= 11 is 1.68. The van der Waals surface area contributed by atoms with Gasteiger partial charge in [-0.25, -0.2) is 4.98 Å². The fourth-order valence-electron chi connectivity index (χ4n) is 2.67. The van der Waals surface area contributed by atoms with E-state index in [1.54, 1.807) is 18.4 Å². The number of aryl methyl sites for hydroxylation is 1. The maximum absolute atomic E-state index is 5.25. The lowest BCUT2D eigenvalue weighted by Crippen LogP contribution is -2.39. The third-order valence-corrected chi connectivity index (χ3v) is 5.08.